The first-order chi connectivity index (χ1) is 21.4. The van der Waals surface area contributed by atoms with E-state index in [1.807, 2.05) is 66.7 Å². The molecule has 0 spiro atoms. The molecule has 4 aromatic carbocycles. The van der Waals surface area contributed by atoms with Crippen LogP contribution in [0.1, 0.15) is 27.4 Å². The molecule has 44 heavy (non-hydrogen) atoms. The topological polar surface area (TPSA) is 99.7 Å². The Morgan fingerprint density at radius 1 is 0.773 bits per heavy atom. The number of piperazine rings is 1. The smallest absolute Gasteiger partial charge is 0.253 e. The Balaban J connectivity index is 1.32. The summed E-state index contributed by atoms with van der Waals surface area (Å²) in [5.41, 5.74) is 2.87. The number of carbonyl (C=O) groups excluding carboxylic acids is 2. The maximum Gasteiger partial charge on any atom is 0.253 e. The van der Waals surface area contributed by atoms with E-state index in [4.69, 9.17) is 0 Å². The molecule has 1 aliphatic heterocycles. The quantitative estimate of drug-likeness (QED) is 0.277. The number of fused-ring (bicyclic) bond motifs is 1. The molecule has 0 aliphatic carbocycles. The number of nitrogens with zero attached hydrogens (tertiary/aromatic N) is 3. The van der Waals surface area contributed by atoms with Crippen molar-refractivity contribution in [2.75, 3.05) is 26.2 Å². The number of carbonyl (C=O) groups is 2. The summed E-state index contributed by atoms with van der Waals surface area (Å²) in [6.07, 6.45) is 1.55. The fourth-order valence-electron chi connectivity index (χ4n) is 5.75. The van der Waals surface area contributed by atoms with Crippen molar-refractivity contribution in [2.24, 2.45) is 0 Å². The molecule has 2 heterocycles. The van der Waals surface area contributed by atoms with Gasteiger partial charge in [-0.1, -0.05) is 97.1 Å². The van der Waals surface area contributed by atoms with Gasteiger partial charge < -0.3 is 10.2 Å². The summed E-state index contributed by atoms with van der Waals surface area (Å²) in [6.45, 7) is 0.270. The summed E-state index contributed by atoms with van der Waals surface area (Å²) in [5, 5.41) is 3.72. The predicted octanol–water partition coefficient (Wildman–Crippen LogP) is 4.70. The molecular formula is C35H32N4O4S. The number of hydrogen-bond acceptors (Lipinski definition) is 5. The van der Waals surface area contributed by atoms with E-state index in [9.17, 15) is 18.0 Å². The van der Waals surface area contributed by atoms with E-state index in [0.29, 0.717) is 16.5 Å². The molecule has 9 heteroatoms. The molecule has 5 aromatic rings. The number of pyridine rings is 1. The highest BCUT2D eigenvalue weighted by molar-refractivity contribution is 7.89. The molecule has 222 valence electrons. The molecule has 1 N–H and O–H groups in total. The second-order valence-corrected chi connectivity index (χ2v) is 12.6. The predicted molar refractivity (Wildman–Crippen MR) is 170 cm³/mol. The van der Waals surface area contributed by atoms with Crippen LogP contribution in [-0.2, 0) is 14.8 Å². The number of para-hydroxylation sites is 1. The Kier molecular flexibility index (Phi) is 8.49. The number of nitrogens with one attached hydrogen (secondary N) is 1. The highest BCUT2D eigenvalue weighted by Gasteiger charge is 2.42. The van der Waals surface area contributed by atoms with Crippen molar-refractivity contribution < 1.29 is 18.0 Å². The van der Waals surface area contributed by atoms with E-state index >= 15 is 0 Å². The summed E-state index contributed by atoms with van der Waals surface area (Å²) in [5.74, 6) is -0.873. The van der Waals surface area contributed by atoms with Crippen LogP contribution in [0.3, 0.4) is 0 Å². The number of amides is 2. The van der Waals surface area contributed by atoms with Crippen molar-refractivity contribution in [2.45, 2.75) is 16.9 Å². The molecule has 0 radical (unpaired) electrons. The average Bonchev–Trinajstić information content (AvgIpc) is 3.08. The van der Waals surface area contributed by atoms with E-state index in [-0.39, 0.29) is 42.9 Å². The second-order valence-electron chi connectivity index (χ2n) is 10.7. The van der Waals surface area contributed by atoms with Crippen LogP contribution < -0.4 is 5.32 Å². The zero-order valence-corrected chi connectivity index (χ0v) is 24.8. The Morgan fingerprint density at radius 3 is 2.05 bits per heavy atom. The van der Waals surface area contributed by atoms with Gasteiger partial charge in [-0.05, 0) is 35.4 Å². The molecule has 2 amide bonds. The van der Waals surface area contributed by atoms with Gasteiger partial charge in [0.1, 0.15) is 10.9 Å². The maximum atomic E-state index is 14.2. The third-order valence-corrected chi connectivity index (χ3v) is 9.95. The summed E-state index contributed by atoms with van der Waals surface area (Å²) in [6, 6.07) is 35.9. The highest BCUT2D eigenvalue weighted by atomic mass is 32.2. The van der Waals surface area contributed by atoms with E-state index < -0.39 is 22.0 Å². The third kappa shape index (κ3) is 5.97. The first-order valence-electron chi connectivity index (χ1n) is 14.5. The molecule has 0 bridgehead atoms. The van der Waals surface area contributed by atoms with Crippen LogP contribution in [0.15, 0.2) is 132 Å². The second kappa shape index (κ2) is 12.8. The minimum Gasteiger partial charge on any atom is -0.354 e. The lowest BCUT2D eigenvalue weighted by molar-refractivity contribution is -0.126. The Bertz CT molecular complexity index is 1820. The van der Waals surface area contributed by atoms with Crippen molar-refractivity contribution in [1.29, 1.82) is 0 Å². The van der Waals surface area contributed by atoms with Gasteiger partial charge in [-0.25, -0.2) is 8.42 Å². The molecule has 8 nitrogen and oxygen atoms in total. The summed E-state index contributed by atoms with van der Waals surface area (Å²) in [7, 11) is -4.17. The molecule has 1 aromatic heterocycles. The van der Waals surface area contributed by atoms with Gasteiger partial charge in [0.25, 0.3) is 5.91 Å². The van der Waals surface area contributed by atoms with E-state index in [2.05, 4.69) is 10.3 Å². The monoisotopic (exact) mass is 604 g/mol. The lowest BCUT2D eigenvalue weighted by Crippen LogP contribution is -2.61. The average molecular weight is 605 g/mol. The van der Waals surface area contributed by atoms with Crippen LogP contribution in [0.25, 0.3) is 10.9 Å². The van der Waals surface area contributed by atoms with Gasteiger partial charge in [0.05, 0.1) is 5.52 Å². The van der Waals surface area contributed by atoms with Crippen LogP contribution in [0.2, 0.25) is 0 Å². The van der Waals surface area contributed by atoms with Gasteiger partial charge in [0.2, 0.25) is 15.9 Å². The van der Waals surface area contributed by atoms with Gasteiger partial charge in [-0.3, -0.25) is 14.6 Å². The van der Waals surface area contributed by atoms with Gasteiger partial charge >= 0.3 is 0 Å². The van der Waals surface area contributed by atoms with Crippen LogP contribution in [0.4, 0.5) is 0 Å². The van der Waals surface area contributed by atoms with Gasteiger partial charge in [0.15, 0.2) is 0 Å². The zero-order valence-electron chi connectivity index (χ0n) is 24.0. The van der Waals surface area contributed by atoms with Crippen molar-refractivity contribution in [1.82, 2.24) is 19.5 Å². The van der Waals surface area contributed by atoms with Crippen molar-refractivity contribution >= 4 is 32.7 Å². The van der Waals surface area contributed by atoms with E-state index in [1.165, 1.54) is 10.4 Å². The SMILES string of the molecule is O=C(NCC(c1ccccc1)c1ccccc1)C1CN(C(=O)c2ccccc2)CCN1S(=O)(=O)c1cccc2cccnc12. The van der Waals surface area contributed by atoms with Crippen LogP contribution in [0.5, 0.6) is 0 Å². The summed E-state index contributed by atoms with van der Waals surface area (Å²) >= 11 is 0. The first-order valence-corrected chi connectivity index (χ1v) is 15.9. The number of sulfonamides is 1. The first kappa shape index (κ1) is 29.2. The number of rotatable bonds is 8. The maximum absolute atomic E-state index is 14.2. The van der Waals surface area contributed by atoms with E-state index in [0.717, 1.165) is 11.1 Å². The Morgan fingerprint density at radius 2 is 1.39 bits per heavy atom. The molecule has 1 fully saturated rings. The summed E-state index contributed by atoms with van der Waals surface area (Å²) < 4.78 is 29.7. The zero-order chi connectivity index (χ0) is 30.5. The number of benzene rings is 4. The third-order valence-electron chi connectivity index (χ3n) is 8.01. The minimum atomic E-state index is -4.17. The molecular weight excluding hydrogens is 572 g/mol. The van der Waals surface area contributed by atoms with Gasteiger partial charge in [0, 0.05) is 49.2 Å². The molecule has 0 saturated carbocycles. The lowest BCUT2D eigenvalue weighted by Gasteiger charge is -2.40. The van der Waals surface area contributed by atoms with Crippen LogP contribution in [0, 0.1) is 0 Å². The number of hydrogen-bond donors (Lipinski definition) is 1. The standard InChI is InChI=1S/C35H32N4O4S/c40-34(37-24-30(26-12-4-1-5-13-26)27-14-6-2-7-15-27)31-25-38(35(41)29-16-8-3-9-17-29)22-23-39(31)44(42,43)32-20-10-18-28-19-11-21-36-33(28)32/h1-21,30-31H,22-25H2,(H,37,40). The van der Waals surface area contributed by atoms with Crippen molar-refractivity contribution in [3.05, 3.63) is 144 Å². The molecule has 6 rings (SSSR count). The normalized spacial score (nSPS) is 15.8. The Labute approximate surface area is 257 Å². The van der Waals surface area contributed by atoms with Crippen LogP contribution >= 0.6 is 0 Å². The summed E-state index contributed by atoms with van der Waals surface area (Å²) in [4.78, 5) is 33.4. The van der Waals surface area contributed by atoms with Crippen molar-refractivity contribution in [3.63, 3.8) is 0 Å². The number of aromatic nitrogens is 1. The van der Waals surface area contributed by atoms with Crippen molar-refractivity contribution in [3.8, 4) is 0 Å². The van der Waals surface area contributed by atoms with Gasteiger partial charge in [-0.2, -0.15) is 4.31 Å². The minimum absolute atomic E-state index is 0.0303. The molecule has 1 unspecified atom stereocenters. The fourth-order valence-corrected chi connectivity index (χ4v) is 7.48. The van der Waals surface area contributed by atoms with Gasteiger partial charge in [-0.15, -0.1) is 0 Å². The van der Waals surface area contributed by atoms with Crippen LogP contribution in [-0.4, -0.2) is 66.6 Å². The molecule has 1 atom stereocenters. The largest absolute Gasteiger partial charge is 0.354 e. The lowest BCUT2D eigenvalue weighted by atomic mass is 9.91. The highest BCUT2D eigenvalue weighted by Crippen LogP contribution is 2.28. The molecule has 1 aliphatic rings. The Hall–Kier alpha value is -4.86. The van der Waals surface area contributed by atoms with E-state index in [1.54, 1.807) is 59.6 Å². The molecule has 1 saturated heterocycles. The fraction of sp³-hybridized carbons (Fsp3) is 0.171.